The maximum Gasteiger partial charge on any atom is 0.207 e. The summed E-state index contributed by atoms with van der Waals surface area (Å²) in [6.45, 7) is 6.65. The SMILES string of the molecule is C/C=C(C)\C=C(/C)CNC=O. The van der Waals surface area contributed by atoms with Crippen molar-refractivity contribution in [2.24, 2.45) is 0 Å². The Labute approximate surface area is 68.0 Å². The molecule has 0 saturated heterocycles. The first-order valence-corrected chi connectivity index (χ1v) is 3.67. The lowest BCUT2D eigenvalue weighted by molar-refractivity contribution is -0.109. The number of carbonyl (C=O) groups is 1. The van der Waals surface area contributed by atoms with E-state index < -0.39 is 0 Å². The molecule has 11 heavy (non-hydrogen) atoms. The predicted octanol–water partition coefficient (Wildman–Crippen LogP) is 1.64. The van der Waals surface area contributed by atoms with Gasteiger partial charge in [0.1, 0.15) is 0 Å². The van der Waals surface area contributed by atoms with E-state index in [1.807, 2.05) is 26.8 Å². The molecule has 0 aromatic rings. The second-order valence-electron chi connectivity index (χ2n) is 2.52. The van der Waals surface area contributed by atoms with Gasteiger partial charge in [-0.25, -0.2) is 0 Å². The second-order valence-corrected chi connectivity index (χ2v) is 2.52. The minimum Gasteiger partial charge on any atom is -0.355 e. The van der Waals surface area contributed by atoms with Crippen LogP contribution in [0.5, 0.6) is 0 Å². The van der Waals surface area contributed by atoms with E-state index in [1.165, 1.54) is 5.57 Å². The maximum absolute atomic E-state index is 9.91. The molecule has 62 valence electrons. The Bertz CT molecular complexity index is 180. The molecule has 0 unspecified atom stereocenters. The zero-order valence-electron chi connectivity index (χ0n) is 7.35. The fraction of sp³-hybridized carbons (Fsp3) is 0.444. The van der Waals surface area contributed by atoms with Crippen LogP contribution in [0.2, 0.25) is 0 Å². The molecule has 0 fully saturated rings. The standard InChI is InChI=1S/C9H15NO/c1-4-8(2)5-9(3)6-10-7-11/h4-5,7H,6H2,1-3H3,(H,10,11)/b8-4-,9-5+. The molecule has 2 nitrogen and oxygen atoms in total. The van der Waals surface area contributed by atoms with E-state index in [0.29, 0.717) is 13.0 Å². The van der Waals surface area contributed by atoms with E-state index >= 15 is 0 Å². The highest BCUT2D eigenvalue weighted by atomic mass is 16.1. The van der Waals surface area contributed by atoms with Gasteiger partial charge in [-0.05, 0) is 20.8 Å². The summed E-state index contributed by atoms with van der Waals surface area (Å²) in [5.41, 5.74) is 2.38. The summed E-state index contributed by atoms with van der Waals surface area (Å²) < 4.78 is 0. The Morgan fingerprint density at radius 1 is 1.45 bits per heavy atom. The van der Waals surface area contributed by atoms with E-state index in [9.17, 15) is 4.79 Å². The van der Waals surface area contributed by atoms with Crippen molar-refractivity contribution in [2.45, 2.75) is 20.8 Å². The molecule has 0 rings (SSSR count). The molecule has 0 heterocycles. The first-order chi connectivity index (χ1) is 5.20. The third-order valence-electron chi connectivity index (χ3n) is 1.39. The normalized spacial score (nSPS) is 13.0. The van der Waals surface area contributed by atoms with Crippen LogP contribution in [0.4, 0.5) is 0 Å². The largest absolute Gasteiger partial charge is 0.355 e. The molecule has 0 radical (unpaired) electrons. The van der Waals surface area contributed by atoms with Crippen molar-refractivity contribution in [1.29, 1.82) is 0 Å². The van der Waals surface area contributed by atoms with Gasteiger partial charge in [-0.1, -0.05) is 23.3 Å². The monoisotopic (exact) mass is 153 g/mol. The van der Waals surface area contributed by atoms with Crippen molar-refractivity contribution in [3.63, 3.8) is 0 Å². The fourth-order valence-corrected chi connectivity index (χ4v) is 0.726. The average molecular weight is 153 g/mol. The van der Waals surface area contributed by atoms with E-state index in [0.717, 1.165) is 5.57 Å². The number of carbonyl (C=O) groups excluding carboxylic acids is 1. The summed E-state index contributed by atoms with van der Waals surface area (Å²) in [6.07, 6.45) is 4.79. The highest BCUT2D eigenvalue weighted by molar-refractivity contribution is 5.46. The van der Waals surface area contributed by atoms with Crippen molar-refractivity contribution >= 4 is 6.41 Å². The minimum atomic E-state index is 0.634. The van der Waals surface area contributed by atoms with E-state index in [-0.39, 0.29) is 0 Å². The predicted molar refractivity (Wildman–Crippen MR) is 47.3 cm³/mol. The summed E-state index contributed by atoms with van der Waals surface area (Å²) in [7, 11) is 0. The summed E-state index contributed by atoms with van der Waals surface area (Å²) in [6, 6.07) is 0. The smallest absolute Gasteiger partial charge is 0.207 e. The van der Waals surface area contributed by atoms with Gasteiger partial charge in [0.05, 0.1) is 0 Å². The number of rotatable bonds is 4. The van der Waals surface area contributed by atoms with Crippen LogP contribution in [0.15, 0.2) is 23.3 Å². The Morgan fingerprint density at radius 3 is 2.55 bits per heavy atom. The van der Waals surface area contributed by atoms with Crippen LogP contribution in [0, 0.1) is 0 Å². The Kier molecular flexibility index (Phi) is 5.17. The number of nitrogens with one attached hydrogen (secondary N) is 1. The third-order valence-corrected chi connectivity index (χ3v) is 1.39. The van der Waals surface area contributed by atoms with Gasteiger partial charge in [0.2, 0.25) is 6.41 Å². The van der Waals surface area contributed by atoms with Crippen LogP contribution in [-0.4, -0.2) is 13.0 Å². The molecular formula is C9H15NO. The molecule has 0 saturated carbocycles. The number of amides is 1. The van der Waals surface area contributed by atoms with Gasteiger partial charge >= 0.3 is 0 Å². The molecule has 0 aliphatic rings. The van der Waals surface area contributed by atoms with Crippen molar-refractivity contribution < 1.29 is 4.79 Å². The van der Waals surface area contributed by atoms with Crippen molar-refractivity contribution in [3.05, 3.63) is 23.3 Å². The Balaban J connectivity index is 3.89. The van der Waals surface area contributed by atoms with E-state index in [1.54, 1.807) is 0 Å². The first-order valence-electron chi connectivity index (χ1n) is 3.67. The topological polar surface area (TPSA) is 29.1 Å². The van der Waals surface area contributed by atoms with Gasteiger partial charge in [0.15, 0.2) is 0 Å². The molecule has 0 aliphatic heterocycles. The second kappa shape index (κ2) is 5.71. The Hall–Kier alpha value is -1.05. The van der Waals surface area contributed by atoms with Crippen LogP contribution < -0.4 is 5.32 Å². The molecule has 0 aromatic heterocycles. The lowest BCUT2D eigenvalue weighted by Gasteiger charge is -1.98. The van der Waals surface area contributed by atoms with Crippen LogP contribution in [0.3, 0.4) is 0 Å². The zero-order valence-corrected chi connectivity index (χ0v) is 7.35. The lowest BCUT2D eigenvalue weighted by Crippen LogP contribution is -2.12. The van der Waals surface area contributed by atoms with E-state index in [4.69, 9.17) is 0 Å². The molecule has 0 aromatic carbocycles. The minimum absolute atomic E-state index is 0.634. The number of hydrogen-bond acceptors (Lipinski definition) is 1. The summed E-state index contributed by atoms with van der Waals surface area (Å²) in [4.78, 5) is 9.91. The molecular weight excluding hydrogens is 138 g/mol. The fourth-order valence-electron chi connectivity index (χ4n) is 0.726. The van der Waals surface area contributed by atoms with Gasteiger partial charge < -0.3 is 5.32 Å². The third kappa shape index (κ3) is 5.40. The van der Waals surface area contributed by atoms with Crippen LogP contribution in [-0.2, 0) is 4.79 Å². The van der Waals surface area contributed by atoms with Crippen LogP contribution in [0.25, 0.3) is 0 Å². The van der Waals surface area contributed by atoms with Crippen molar-refractivity contribution in [3.8, 4) is 0 Å². The summed E-state index contributed by atoms with van der Waals surface area (Å²) in [5, 5.41) is 2.60. The summed E-state index contributed by atoms with van der Waals surface area (Å²) >= 11 is 0. The Morgan fingerprint density at radius 2 is 2.09 bits per heavy atom. The van der Waals surface area contributed by atoms with Crippen molar-refractivity contribution in [2.75, 3.05) is 6.54 Å². The number of allylic oxidation sites excluding steroid dienone is 3. The first kappa shape index (κ1) is 9.95. The number of hydrogen-bond donors (Lipinski definition) is 1. The molecule has 1 N–H and O–H groups in total. The van der Waals surface area contributed by atoms with Crippen LogP contribution >= 0.6 is 0 Å². The zero-order chi connectivity index (χ0) is 8.69. The highest BCUT2D eigenvalue weighted by Crippen LogP contribution is 1.99. The molecule has 0 aliphatic carbocycles. The lowest BCUT2D eigenvalue weighted by atomic mass is 10.2. The molecule has 0 spiro atoms. The van der Waals surface area contributed by atoms with Gasteiger partial charge in [-0.2, -0.15) is 0 Å². The maximum atomic E-state index is 9.91. The molecule has 1 amide bonds. The van der Waals surface area contributed by atoms with Crippen LogP contribution in [0.1, 0.15) is 20.8 Å². The van der Waals surface area contributed by atoms with Gasteiger partial charge in [0.25, 0.3) is 0 Å². The molecule has 0 bridgehead atoms. The van der Waals surface area contributed by atoms with Gasteiger partial charge in [-0.15, -0.1) is 0 Å². The average Bonchev–Trinajstić information content (AvgIpc) is 2.00. The quantitative estimate of drug-likeness (QED) is 0.483. The molecule has 2 heteroatoms. The van der Waals surface area contributed by atoms with Gasteiger partial charge in [-0.3, -0.25) is 4.79 Å². The van der Waals surface area contributed by atoms with Gasteiger partial charge in [0, 0.05) is 6.54 Å². The summed E-state index contributed by atoms with van der Waals surface area (Å²) in [5.74, 6) is 0. The molecule has 0 atom stereocenters. The van der Waals surface area contributed by atoms with Crippen molar-refractivity contribution in [1.82, 2.24) is 5.32 Å². The van der Waals surface area contributed by atoms with E-state index in [2.05, 4.69) is 11.4 Å². The highest BCUT2D eigenvalue weighted by Gasteiger charge is 1.87.